The lowest BCUT2D eigenvalue weighted by Crippen LogP contribution is -2.18. The third kappa shape index (κ3) is 7.71. The van der Waals surface area contributed by atoms with Gasteiger partial charge in [-0.25, -0.2) is 4.98 Å². The Bertz CT molecular complexity index is 1100. The first-order chi connectivity index (χ1) is 17.0. The number of carbonyl (C=O) groups excluding carboxylic acids is 1. The molecule has 3 aromatic rings. The third-order valence-electron chi connectivity index (χ3n) is 5.24. The molecule has 0 saturated heterocycles. The number of anilines is 1. The van der Waals surface area contributed by atoms with Gasteiger partial charge in [0, 0.05) is 53.5 Å². The van der Waals surface area contributed by atoms with Crippen LogP contribution in [0.2, 0.25) is 0 Å². The van der Waals surface area contributed by atoms with Gasteiger partial charge in [0.15, 0.2) is 6.29 Å². The van der Waals surface area contributed by atoms with E-state index in [4.69, 9.17) is 14.2 Å². The van der Waals surface area contributed by atoms with Crippen LogP contribution >= 0.6 is 33.9 Å². The van der Waals surface area contributed by atoms with Crippen LogP contribution in [0.4, 0.5) is 5.69 Å². The molecular formula is C26H31IN2O5S. The first kappa shape index (κ1) is 27.5. The molecule has 3 rings (SSSR count). The average molecular weight is 611 g/mol. The smallest absolute Gasteiger partial charge is 0.267 e. The molecule has 0 spiro atoms. The standard InChI is InChI=1S/C26H31IN2O5S/c1-4-33-23(34-5-2)13-9-17-8-12-20(16-22(17)32-3)28-25(31)24-21(14-15-30)29-26(35-24)18-6-10-19(27)11-7-18/h6-8,10-12,16,23,30H,4-5,9,13-15H2,1-3H3,(H,28,31). The number of rotatable bonds is 13. The summed E-state index contributed by atoms with van der Waals surface area (Å²) in [7, 11) is 1.61. The van der Waals surface area contributed by atoms with Crippen molar-refractivity contribution in [1.82, 2.24) is 4.98 Å². The molecule has 9 heteroatoms. The number of hydrogen-bond donors (Lipinski definition) is 2. The highest BCUT2D eigenvalue weighted by Gasteiger charge is 2.20. The molecule has 0 aliphatic carbocycles. The Hall–Kier alpha value is -2.05. The maximum absolute atomic E-state index is 13.2. The summed E-state index contributed by atoms with van der Waals surface area (Å²) in [5, 5.41) is 13.2. The summed E-state index contributed by atoms with van der Waals surface area (Å²) >= 11 is 3.57. The summed E-state index contributed by atoms with van der Waals surface area (Å²) in [6.07, 6.45) is 1.48. The second-order valence-electron chi connectivity index (χ2n) is 7.64. The number of aliphatic hydroxyl groups is 1. The van der Waals surface area contributed by atoms with Crippen LogP contribution in [-0.2, 0) is 22.3 Å². The number of aliphatic hydroxyl groups excluding tert-OH is 1. The fourth-order valence-electron chi connectivity index (χ4n) is 3.60. The average Bonchev–Trinajstić information content (AvgIpc) is 3.28. The van der Waals surface area contributed by atoms with Gasteiger partial charge in [-0.2, -0.15) is 0 Å². The first-order valence-corrected chi connectivity index (χ1v) is 13.5. The fourth-order valence-corrected chi connectivity index (χ4v) is 4.97. The van der Waals surface area contributed by atoms with Crippen molar-refractivity contribution in [3.05, 3.63) is 62.2 Å². The van der Waals surface area contributed by atoms with E-state index in [1.54, 1.807) is 7.11 Å². The van der Waals surface area contributed by atoms with E-state index >= 15 is 0 Å². The van der Waals surface area contributed by atoms with Crippen LogP contribution in [0.25, 0.3) is 10.6 Å². The molecular weight excluding hydrogens is 579 g/mol. The highest BCUT2D eigenvalue weighted by atomic mass is 127. The maximum atomic E-state index is 13.2. The van der Waals surface area contributed by atoms with Crippen molar-refractivity contribution in [2.45, 2.75) is 39.4 Å². The summed E-state index contributed by atoms with van der Waals surface area (Å²) in [6, 6.07) is 13.6. The highest BCUT2D eigenvalue weighted by Crippen LogP contribution is 2.31. The summed E-state index contributed by atoms with van der Waals surface area (Å²) in [5.41, 5.74) is 3.16. The van der Waals surface area contributed by atoms with Crippen molar-refractivity contribution in [2.75, 3.05) is 32.2 Å². The molecule has 0 aliphatic rings. The third-order valence-corrected chi connectivity index (χ3v) is 7.11. The van der Waals surface area contributed by atoms with E-state index in [9.17, 15) is 9.90 Å². The Morgan fingerprint density at radius 3 is 2.46 bits per heavy atom. The lowest BCUT2D eigenvalue weighted by atomic mass is 10.1. The predicted octanol–water partition coefficient (Wildman–Crippen LogP) is 5.54. The normalized spacial score (nSPS) is 11.1. The van der Waals surface area contributed by atoms with E-state index in [1.165, 1.54) is 11.3 Å². The highest BCUT2D eigenvalue weighted by molar-refractivity contribution is 14.1. The maximum Gasteiger partial charge on any atom is 0.267 e. The summed E-state index contributed by atoms with van der Waals surface area (Å²) in [4.78, 5) is 18.3. The van der Waals surface area contributed by atoms with Gasteiger partial charge in [-0.1, -0.05) is 18.2 Å². The van der Waals surface area contributed by atoms with Crippen molar-refractivity contribution in [1.29, 1.82) is 0 Å². The number of benzene rings is 2. The molecule has 2 N–H and O–H groups in total. The number of carbonyl (C=O) groups is 1. The second-order valence-corrected chi connectivity index (χ2v) is 9.88. The Morgan fingerprint density at radius 1 is 1.11 bits per heavy atom. The molecule has 35 heavy (non-hydrogen) atoms. The topological polar surface area (TPSA) is 89.9 Å². The SMILES string of the molecule is CCOC(CCc1ccc(NC(=O)c2sc(-c3ccc(I)cc3)nc2CCO)cc1OC)OCC. The molecule has 1 amide bonds. The molecule has 0 unspecified atom stereocenters. The summed E-state index contributed by atoms with van der Waals surface area (Å²) in [6.45, 7) is 5.00. The van der Waals surface area contributed by atoms with Gasteiger partial charge in [-0.05, 0) is 66.6 Å². The Balaban J connectivity index is 1.76. The van der Waals surface area contributed by atoms with Crippen LogP contribution < -0.4 is 10.1 Å². The van der Waals surface area contributed by atoms with Crippen LogP contribution in [0, 0.1) is 3.57 Å². The van der Waals surface area contributed by atoms with Gasteiger partial charge in [-0.3, -0.25) is 4.79 Å². The number of aromatic nitrogens is 1. The predicted molar refractivity (Wildman–Crippen MR) is 147 cm³/mol. The van der Waals surface area contributed by atoms with E-state index < -0.39 is 0 Å². The number of thiazole rings is 1. The monoisotopic (exact) mass is 610 g/mol. The quantitative estimate of drug-likeness (QED) is 0.195. The lowest BCUT2D eigenvalue weighted by molar-refractivity contribution is -0.139. The Labute approximate surface area is 224 Å². The molecule has 1 heterocycles. The Kier molecular flexibility index (Phi) is 10.9. The van der Waals surface area contributed by atoms with Crippen molar-refractivity contribution in [2.24, 2.45) is 0 Å². The zero-order chi connectivity index (χ0) is 25.2. The molecule has 1 aromatic heterocycles. The molecule has 0 aliphatic heterocycles. The number of amides is 1. The molecule has 0 fully saturated rings. The van der Waals surface area contributed by atoms with Crippen LogP contribution in [0.1, 0.15) is 41.2 Å². The molecule has 2 aromatic carbocycles. The van der Waals surface area contributed by atoms with Crippen LogP contribution in [0.15, 0.2) is 42.5 Å². The van der Waals surface area contributed by atoms with Crippen molar-refractivity contribution in [3.8, 4) is 16.3 Å². The number of ether oxygens (including phenoxy) is 3. The minimum atomic E-state index is -0.259. The summed E-state index contributed by atoms with van der Waals surface area (Å²) in [5.74, 6) is 0.430. The fraction of sp³-hybridized carbons (Fsp3) is 0.385. The molecule has 0 bridgehead atoms. The van der Waals surface area contributed by atoms with E-state index in [0.717, 1.165) is 26.1 Å². The van der Waals surface area contributed by atoms with E-state index in [0.29, 0.717) is 48.1 Å². The largest absolute Gasteiger partial charge is 0.496 e. The molecule has 7 nitrogen and oxygen atoms in total. The van der Waals surface area contributed by atoms with Gasteiger partial charge in [0.2, 0.25) is 0 Å². The van der Waals surface area contributed by atoms with Crippen molar-refractivity contribution >= 4 is 45.5 Å². The number of nitrogens with one attached hydrogen (secondary N) is 1. The summed E-state index contributed by atoms with van der Waals surface area (Å²) < 4.78 is 18.0. The number of methoxy groups -OCH3 is 1. The lowest BCUT2D eigenvalue weighted by Gasteiger charge is -2.18. The van der Waals surface area contributed by atoms with Crippen molar-refractivity contribution in [3.63, 3.8) is 0 Å². The van der Waals surface area contributed by atoms with Gasteiger partial charge < -0.3 is 24.6 Å². The zero-order valence-corrected chi connectivity index (χ0v) is 23.1. The van der Waals surface area contributed by atoms with E-state index in [-0.39, 0.29) is 18.8 Å². The van der Waals surface area contributed by atoms with Crippen molar-refractivity contribution < 1.29 is 24.1 Å². The minimum absolute atomic E-state index is 0.0802. The molecule has 188 valence electrons. The molecule has 0 saturated carbocycles. The van der Waals surface area contributed by atoms with Crippen LogP contribution in [0.5, 0.6) is 5.75 Å². The van der Waals surface area contributed by atoms with Crippen LogP contribution in [-0.4, -0.2) is 49.2 Å². The van der Waals surface area contributed by atoms with Crippen LogP contribution in [0.3, 0.4) is 0 Å². The van der Waals surface area contributed by atoms with E-state index in [2.05, 4.69) is 32.9 Å². The molecule has 0 radical (unpaired) electrons. The van der Waals surface area contributed by atoms with Gasteiger partial charge in [-0.15, -0.1) is 11.3 Å². The van der Waals surface area contributed by atoms with Gasteiger partial charge in [0.05, 0.1) is 12.8 Å². The zero-order valence-electron chi connectivity index (χ0n) is 20.2. The number of nitrogens with zero attached hydrogens (tertiary/aromatic N) is 1. The number of halogens is 1. The van der Waals surface area contributed by atoms with Gasteiger partial charge >= 0.3 is 0 Å². The number of aryl methyl sites for hydroxylation is 1. The van der Waals surface area contributed by atoms with Gasteiger partial charge in [0.1, 0.15) is 15.6 Å². The Morgan fingerprint density at radius 2 is 1.83 bits per heavy atom. The van der Waals surface area contributed by atoms with E-state index in [1.807, 2.05) is 56.3 Å². The molecule has 0 atom stereocenters. The first-order valence-electron chi connectivity index (χ1n) is 11.6. The second kappa shape index (κ2) is 13.9. The minimum Gasteiger partial charge on any atom is -0.496 e. The number of hydrogen-bond acceptors (Lipinski definition) is 7. The van der Waals surface area contributed by atoms with Gasteiger partial charge in [0.25, 0.3) is 5.91 Å².